The van der Waals surface area contributed by atoms with Crippen LogP contribution in [-0.2, 0) is 0 Å². The third kappa shape index (κ3) is 3.19. The summed E-state index contributed by atoms with van der Waals surface area (Å²) in [4.78, 5) is 4.34. The lowest BCUT2D eigenvalue weighted by molar-refractivity contribution is 0.347. The molecule has 0 aliphatic heterocycles. The summed E-state index contributed by atoms with van der Waals surface area (Å²) in [6.07, 6.45) is 1.91. The first kappa shape index (κ1) is 14.1. The summed E-state index contributed by atoms with van der Waals surface area (Å²) in [5.41, 5.74) is 6.40. The van der Waals surface area contributed by atoms with E-state index in [-0.39, 0.29) is 11.7 Å². The molecule has 2 aromatic rings. The average molecular weight is 328 g/mol. The van der Waals surface area contributed by atoms with E-state index in [0.717, 1.165) is 12.8 Å². The van der Waals surface area contributed by atoms with Gasteiger partial charge in [0.15, 0.2) is 0 Å². The monoisotopic (exact) mass is 327 g/mol. The minimum absolute atomic E-state index is 0.0788. The van der Waals surface area contributed by atoms with Crippen LogP contribution in [0.1, 0.15) is 31.6 Å². The Hall–Kier alpha value is -1.27. The zero-order valence-electron chi connectivity index (χ0n) is 10.6. The van der Waals surface area contributed by atoms with E-state index in [2.05, 4.69) is 33.0 Å². The van der Waals surface area contributed by atoms with Crippen LogP contribution in [0.25, 0.3) is 11.4 Å². The molecule has 1 heterocycles. The summed E-state index contributed by atoms with van der Waals surface area (Å²) in [7, 11) is 0. The van der Waals surface area contributed by atoms with Crippen molar-refractivity contribution < 1.29 is 8.91 Å². The van der Waals surface area contributed by atoms with Crippen LogP contribution in [0.5, 0.6) is 0 Å². The van der Waals surface area contributed by atoms with Gasteiger partial charge in [0.25, 0.3) is 0 Å². The topological polar surface area (TPSA) is 64.9 Å². The van der Waals surface area contributed by atoms with Crippen molar-refractivity contribution in [2.75, 3.05) is 6.54 Å². The molecule has 1 aromatic heterocycles. The molecule has 0 aliphatic rings. The molecule has 102 valence electrons. The molecule has 2 N–H and O–H groups in total. The van der Waals surface area contributed by atoms with Gasteiger partial charge in [-0.15, -0.1) is 0 Å². The summed E-state index contributed by atoms with van der Waals surface area (Å²) in [5, 5.41) is 3.92. The minimum atomic E-state index is -0.321. The summed E-state index contributed by atoms with van der Waals surface area (Å²) in [6.45, 7) is 2.56. The van der Waals surface area contributed by atoms with E-state index in [9.17, 15) is 4.39 Å². The second-order valence-electron chi connectivity index (χ2n) is 4.31. The van der Waals surface area contributed by atoms with Gasteiger partial charge in [-0.2, -0.15) is 4.98 Å². The highest BCUT2D eigenvalue weighted by atomic mass is 79.9. The van der Waals surface area contributed by atoms with Gasteiger partial charge in [0.2, 0.25) is 11.7 Å². The van der Waals surface area contributed by atoms with Crippen molar-refractivity contribution in [1.29, 1.82) is 0 Å². The molecule has 0 saturated carbocycles. The molecular formula is C13H15BrFN3O. The molecule has 0 radical (unpaired) electrons. The minimum Gasteiger partial charge on any atom is -0.339 e. The summed E-state index contributed by atoms with van der Waals surface area (Å²) in [5.74, 6) is 0.749. The highest BCUT2D eigenvalue weighted by Crippen LogP contribution is 2.25. The van der Waals surface area contributed by atoms with Crippen LogP contribution in [0.3, 0.4) is 0 Å². The second kappa shape index (κ2) is 6.25. The van der Waals surface area contributed by atoms with Gasteiger partial charge in [-0.05, 0) is 40.5 Å². The normalized spacial score (nSPS) is 12.6. The lowest BCUT2D eigenvalue weighted by Crippen LogP contribution is -2.12. The van der Waals surface area contributed by atoms with Crippen LogP contribution in [0.4, 0.5) is 4.39 Å². The van der Waals surface area contributed by atoms with Gasteiger partial charge < -0.3 is 10.3 Å². The molecule has 0 spiro atoms. The Morgan fingerprint density at radius 2 is 2.26 bits per heavy atom. The SMILES string of the molecule is CCCC(CN)c1nc(-c2ccc(F)c(Br)c2)no1. The summed E-state index contributed by atoms with van der Waals surface area (Å²) < 4.78 is 18.8. The van der Waals surface area contributed by atoms with E-state index in [1.807, 2.05) is 0 Å². The maximum atomic E-state index is 13.2. The van der Waals surface area contributed by atoms with Crippen LogP contribution in [0.2, 0.25) is 0 Å². The molecule has 19 heavy (non-hydrogen) atoms. The van der Waals surface area contributed by atoms with E-state index in [4.69, 9.17) is 10.3 Å². The highest BCUT2D eigenvalue weighted by molar-refractivity contribution is 9.10. The Morgan fingerprint density at radius 1 is 1.47 bits per heavy atom. The average Bonchev–Trinajstić information content (AvgIpc) is 2.88. The smallest absolute Gasteiger partial charge is 0.231 e. The fourth-order valence-electron chi connectivity index (χ4n) is 1.84. The van der Waals surface area contributed by atoms with Crippen molar-refractivity contribution in [1.82, 2.24) is 10.1 Å². The number of rotatable bonds is 5. The first-order valence-corrected chi connectivity index (χ1v) is 6.94. The molecule has 6 heteroatoms. The number of hydrogen-bond donors (Lipinski definition) is 1. The van der Waals surface area contributed by atoms with Gasteiger partial charge in [0.1, 0.15) is 5.82 Å². The lowest BCUT2D eigenvalue weighted by atomic mass is 10.0. The first-order chi connectivity index (χ1) is 9.15. The number of benzene rings is 1. The van der Waals surface area contributed by atoms with Crippen LogP contribution in [0.15, 0.2) is 27.2 Å². The fraction of sp³-hybridized carbons (Fsp3) is 0.385. The van der Waals surface area contributed by atoms with Crippen molar-refractivity contribution in [3.05, 3.63) is 34.4 Å². The number of halogens is 2. The van der Waals surface area contributed by atoms with Gasteiger partial charge in [0, 0.05) is 12.1 Å². The van der Waals surface area contributed by atoms with E-state index >= 15 is 0 Å². The van der Waals surface area contributed by atoms with Crippen molar-refractivity contribution in [3.8, 4) is 11.4 Å². The molecule has 1 atom stereocenters. The standard InChI is InChI=1S/C13H15BrFN3O/c1-2-3-9(7-16)13-17-12(18-19-13)8-4-5-11(15)10(14)6-8/h4-6,9H,2-3,7,16H2,1H3. The van der Waals surface area contributed by atoms with Crippen LogP contribution in [-0.4, -0.2) is 16.7 Å². The summed E-state index contributed by atoms with van der Waals surface area (Å²) in [6, 6.07) is 4.61. The Kier molecular flexibility index (Phi) is 4.66. The van der Waals surface area contributed by atoms with Gasteiger partial charge in [0.05, 0.1) is 10.4 Å². The van der Waals surface area contributed by atoms with Crippen LogP contribution >= 0.6 is 15.9 Å². The number of aromatic nitrogens is 2. The molecule has 0 fully saturated rings. The fourth-order valence-corrected chi connectivity index (χ4v) is 2.22. The second-order valence-corrected chi connectivity index (χ2v) is 5.16. The van der Waals surface area contributed by atoms with Crippen LogP contribution in [0, 0.1) is 5.82 Å². The number of nitrogens with two attached hydrogens (primary N) is 1. The van der Waals surface area contributed by atoms with E-state index < -0.39 is 0 Å². The van der Waals surface area contributed by atoms with Crippen molar-refractivity contribution in [2.45, 2.75) is 25.7 Å². The zero-order chi connectivity index (χ0) is 13.8. The Morgan fingerprint density at radius 3 is 2.89 bits per heavy atom. The molecule has 0 aliphatic carbocycles. The first-order valence-electron chi connectivity index (χ1n) is 6.14. The zero-order valence-corrected chi connectivity index (χ0v) is 12.2. The van der Waals surface area contributed by atoms with Crippen molar-refractivity contribution in [2.24, 2.45) is 5.73 Å². The van der Waals surface area contributed by atoms with Gasteiger partial charge in [-0.1, -0.05) is 18.5 Å². The molecule has 0 amide bonds. The predicted molar refractivity (Wildman–Crippen MR) is 74.1 cm³/mol. The third-order valence-electron chi connectivity index (χ3n) is 2.89. The maximum Gasteiger partial charge on any atom is 0.231 e. The molecule has 1 aromatic carbocycles. The van der Waals surface area contributed by atoms with E-state index in [0.29, 0.717) is 28.3 Å². The molecule has 1 unspecified atom stereocenters. The van der Waals surface area contributed by atoms with Gasteiger partial charge >= 0.3 is 0 Å². The maximum absolute atomic E-state index is 13.2. The molecule has 0 bridgehead atoms. The highest BCUT2D eigenvalue weighted by Gasteiger charge is 2.17. The third-order valence-corrected chi connectivity index (χ3v) is 3.50. The van der Waals surface area contributed by atoms with Crippen molar-refractivity contribution in [3.63, 3.8) is 0 Å². The molecule has 4 nitrogen and oxygen atoms in total. The molecule has 2 rings (SSSR count). The van der Waals surface area contributed by atoms with Crippen LogP contribution < -0.4 is 5.73 Å². The molecular weight excluding hydrogens is 313 g/mol. The molecule has 0 saturated heterocycles. The van der Waals surface area contributed by atoms with Gasteiger partial charge in [-0.3, -0.25) is 0 Å². The Labute approximate surface area is 119 Å². The van der Waals surface area contributed by atoms with Crippen molar-refractivity contribution >= 4 is 15.9 Å². The largest absolute Gasteiger partial charge is 0.339 e. The van der Waals surface area contributed by atoms with Gasteiger partial charge in [-0.25, -0.2) is 4.39 Å². The van der Waals surface area contributed by atoms with E-state index in [1.165, 1.54) is 6.07 Å². The number of hydrogen-bond acceptors (Lipinski definition) is 4. The Balaban J connectivity index is 2.27. The van der Waals surface area contributed by atoms with E-state index in [1.54, 1.807) is 12.1 Å². The lowest BCUT2D eigenvalue weighted by Gasteiger charge is -2.06. The summed E-state index contributed by atoms with van der Waals surface area (Å²) >= 11 is 3.14. The Bertz CT molecular complexity index is 559. The number of nitrogens with zero attached hydrogens (tertiary/aromatic N) is 2. The quantitative estimate of drug-likeness (QED) is 0.913. The predicted octanol–water partition coefficient (Wildman–Crippen LogP) is 3.48.